The van der Waals surface area contributed by atoms with E-state index in [0.29, 0.717) is 19.3 Å². The largest absolute Gasteiger partial charge is 0.462 e. The van der Waals surface area contributed by atoms with Gasteiger partial charge in [-0.2, -0.15) is 0 Å². The predicted octanol–water partition coefficient (Wildman–Crippen LogP) is 19.5. The second kappa shape index (κ2) is 56.8. The fourth-order valence-corrected chi connectivity index (χ4v) is 10.2. The zero-order valence-corrected chi connectivity index (χ0v) is 46.5. The summed E-state index contributed by atoms with van der Waals surface area (Å²) < 4.78 is 5.99. The minimum atomic E-state index is -0.781. The molecule has 0 aliphatic rings. The van der Waals surface area contributed by atoms with Gasteiger partial charge in [0.15, 0.2) is 0 Å². The van der Waals surface area contributed by atoms with E-state index >= 15 is 0 Å². The number of carbonyl (C=O) groups is 2. The summed E-state index contributed by atoms with van der Waals surface area (Å²) in [6.45, 7) is 6.55. The van der Waals surface area contributed by atoms with Gasteiger partial charge in [0.2, 0.25) is 5.91 Å². The van der Waals surface area contributed by atoms with Gasteiger partial charge in [-0.25, -0.2) is 0 Å². The number of rotatable bonds is 58. The number of aliphatic hydroxyl groups is 2. The van der Waals surface area contributed by atoms with Gasteiger partial charge in [0.25, 0.3) is 0 Å². The van der Waals surface area contributed by atoms with Crippen LogP contribution in [0.2, 0.25) is 0 Å². The highest BCUT2D eigenvalue weighted by atomic mass is 16.5. The van der Waals surface area contributed by atoms with E-state index in [1.807, 2.05) is 0 Å². The molecule has 3 atom stereocenters. The van der Waals surface area contributed by atoms with Gasteiger partial charge in [0, 0.05) is 6.42 Å². The molecule has 3 unspecified atom stereocenters. The monoisotopic (exact) mass is 962 g/mol. The summed E-state index contributed by atoms with van der Waals surface area (Å²) in [6, 6.07) is -0.694. The number of hydrogen-bond donors (Lipinski definition) is 3. The van der Waals surface area contributed by atoms with Crippen molar-refractivity contribution < 1.29 is 24.5 Å². The van der Waals surface area contributed by atoms with Crippen LogP contribution in [0.1, 0.15) is 361 Å². The molecule has 68 heavy (non-hydrogen) atoms. The third kappa shape index (κ3) is 51.2. The molecule has 0 bridgehead atoms. The van der Waals surface area contributed by atoms with Crippen LogP contribution in [-0.4, -0.2) is 46.9 Å². The first kappa shape index (κ1) is 66.9. The Morgan fingerprint density at radius 3 is 0.897 bits per heavy atom. The van der Waals surface area contributed by atoms with Crippen molar-refractivity contribution in [1.29, 1.82) is 0 Å². The Hall–Kier alpha value is -1.14. The number of ether oxygens (including phenoxy) is 1. The van der Waals surface area contributed by atoms with Crippen molar-refractivity contribution in [1.82, 2.24) is 5.32 Å². The van der Waals surface area contributed by atoms with Crippen molar-refractivity contribution in [2.24, 2.45) is 0 Å². The van der Waals surface area contributed by atoms with Gasteiger partial charge in [0.1, 0.15) is 6.10 Å². The summed E-state index contributed by atoms with van der Waals surface area (Å²) in [5, 5.41) is 24.0. The van der Waals surface area contributed by atoms with Crippen LogP contribution < -0.4 is 5.32 Å². The lowest BCUT2D eigenvalue weighted by molar-refractivity contribution is -0.151. The maximum atomic E-state index is 13.3. The molecule has 0 aliphatic heterocycles. The van der Waals surface area contributed by atoms with Crippen LogP contribution in [0.15, 0.2) is 0 Å². The first-order chi connectivity index (χ1) is 33.5. The van der Waals surface area contributed by atoms with Crippen molar-refractivity contribution in [2.75, 3.05) is 6.61 Å². The van der Waals surface area contributed by atoms with Crippen LogP contribution in [0.5, 0.6) is 0 Å². The van der Waals surface area contributed by atoms with Crippen LogP contribution in [0, 0.1) is 0 Å². The fraction of sp³-hybridized carbons (Fsp3) is 0.968. The molecule has 0 aromatic heterocycles. The topological polar surface area (TPSA) is 95.9 Å². The second-order valence-electron chi connectivity index (χ2n) is 21.8. The molecule has 0 aromatic rings. The van der Waals surface area contributed by atoms with E-state index in [0.717, 1.165) is 38.5 Å². The van der Waals surface area contributed by atoms with Crippen molar-refractivity contribution >= 4 is 11.9 Å². The fourth-order valence-electron chi connectivity index (χ4n) is 10.2. The molecule has 406 valence electrons. The highest BCUT2D eigenvalue weighted by Gasteiger charge is 2.24. The van der Waals surface area contributed by atoms with Gasteiger partial charge in [-0.1, -0.05) is 323 Å². The highest BCUT2D eigenvalue weighted by Crippen LogP contribution is 2.20. The van der Waals surface area contributed by atoms with Gasteiger partial charge >= 0.3 is 5.97 Å². The minimum Gasteiger partial charge on any atom is -0.462 e. The molecule has 0 aromatic carbocycles. The third-order valence-corrected chi connectivity index (χ3v) is 14.9. The lowest BCUT2D eigenvalue weighted by Gasteiger charge is -2.24. The third-order valence-electron chi connectivity index (χ3n) is 14.9. The number of amides is 1. The first-order valence-electron chi connectivity index (χ1n) is 31.3. The van der Waals surface area contributed by atoms with Crippen LogP contribution >= 0.6 is 0 Å². The lowest BCUT2D eigenvalue weighted by atomic mass is 10.0. The van der Waals surface area contributed by atoms with Gasteiger partial charge in [-0.15, -0.1) is 0 Å². The van der Waals surface area contributed by atoms with Crippen LogP contribution in [-0.2, 0) is 14.3 Å². The summed E-state index contributed by atoms with van der Waals surface area (Å²) in [5.41, 5.74) is 0. The average molecular weight is 963 g/mol. The molecule has 0 spiro atoms. The standard InChI is InChI=1S/C62H123NO5/c1-4-7-10-13-16-19-22-25-28-31-34-37-40-43-46-49-52-55-62(67)68-58(53-50-47-44-41-38-35-32-29-26-23-20-17-14-11-8-5-2)56-61(66)63-59(57-64)60(65)54-51-48-45-42-39-36-33-30-27-24-21-18-15-12-9-6-3/h58-60,64-65H,4-57H2,1-3H3,(H,63,66). The lowest BCUT2D eigenvalue weighted by Crippen LogP contribution is -2.46. The summed E-state index contributed by atoms with van der Waals surface area (Å²) in [4.78, 5) is 26.4. The molecule has 0 aliphatic carbocycles. The SMILES string of the molecule is CCCCCCCCCCCCCCCCCCCC(=O)OC(CCCCCCCCCCCCCCCCCC)CC(=O)NC(CO)C(O)CCCCCCCCCCCCCCCCCC. The molecule has 3 N–H and O–H groups in total. The Kier molecular flexibility index (Phi) is 55.8. The predicted molar refractivity (Wildman–Crippen MR) is 297 cm³/mol. The number of nitrogens with one attached hydrogen (secondary N) is 1. The first-order valence-corrected chi connectivity index (χ1v) is 31.3. The van der Waals surface area contributed by atoms with E-state index < -0.39 is 18.2 Å². The minimum absolute atomic E-state index is 0.0891. The van der Waals surface area contributed by atoms with Gasteiger partial charge < -0.3 is 20.3 Å². The van der Waals surface area contributed by atoms with Gasteiger partial charge in [-0.05, 0) is 25.7 Å². The zero-order valence-electron chi connectivity index (χ0n) is 46.5. The summed E-state index contributed by atoms with van der Waals surface area (Å²) in [5.74, 6) is -0.440. The van der Waals surface area contributed by atoms with Crippen LogP contribution in [0.3, 0.4) is 0 Å². The Morgan fingerprint density at radius 2 is 0.618 bits per heavy atom. The van der Waals surface area contributed by atoms with E-state index in [-0.39, 0.29) is 24.9 Å². The Morgan fingerprint density at radius 1 is 0.368 bits per heavy atom. The maximum Gasteiger partial charge on any atom is 0.306 e. The Balaban J connectivity index is 4.46. The number of aliphatic hydroxyl groups excluding tert-OH is 2. The second-order valence-corrected chi connectivity index (χ2v) is 21.8. The van der Waals surface area contributed by atoms with Crippen molar-refractivity contribution in [3.05, 3.63) is 0 Å². The van der Waals surface area contributed by atoms with Gasteiger partial charge in [-0.3, -0.25) is 9.59 Å². The van der Waals surface area contributed by atoms with Crippen molar-refractivity contribution in [3.63, 3.8) is 0 Å². The molecule has 0 fully saturated rings. The maximum absolute atomic E-state index is 13.3. The summed E-state index contributed by atoms with van der Waals surface area (Å²) >= 11 is 0. The highest BCUT2D eigenvalue weighted by molar-refractivity contribution is 5.77. The zero-order chi connectivity index (χ0) is 49.5. The molecular weight excluding hydrogens is 839 g/mol. The molecular formula is C62H123NO5. The normalized spacial score (nSPS) is 13.0. The molecule has 0 rings (SSSR count). The molecule has 0 saturated carbocycles. The number of esters is 1. The Labute approximate surface area is 426 Å². The van der Waals surface area contributed by atoms with Crippen LogP contribution in [0.4, 0.5) is 0 Å². The van der Waals surface area contributed by atoms with Crippen LogP contribution in [0.25, 0.3) is 0 Å². The van der Waals surface area contributed by atoms with E-state index in [1.54, 1.807) is 0 Å². The van der Waals surface area contributed by atoms with E-state index in [1.165, 1.54) is 276 Å². The van der Waals surface area contributed by atoms with Crippen molar-refractivity contribution in [3.8, 4) is 0 Å². The quantitative estimate of drug-likeness (QED) is 0.0417. The molecule has 6 nitrogen and oxygen atoms in total. The Bertz CT molecular complexity index is 990. The van der Waals surface area contributed by atoms with E-state index in [2.05, 4.69) is 26.1 Å². The number of hydrogen-bond acceptors (Lipinski definition) is 5. The summed E-state index contributed by atoms with van der Waals surface area (Å²) in [6.07, 6.45) is 64.6. The number of unbranched alkanes of at least 4 members (excludes halogenated alkanes) is 46. The van der Waals surface area contributed by atoms with E-state index in [9.17, 15) is 19.8 Å². The smallest absolute Gasteiger partial charge is 0.306 e. The molecule has 0 radical (unpaired) electrons. The number of carbonyl (C=O) groups excluding carboxylic acids is 2. The molecule has 0 heterocycles. The average Bonchev–Trinajstić information content (AvgIpc) is 3.33. The van der Waals surface area contributed by atoms with Gasteiger partial charge in [0.05, 0.1) is 25.2 Å². The molecule has 0 saturated heterocycles. The summed E-state index contributed by atoms with van der Waals surface area (Å²) in [7, 11) is 0. The molecule has 6 heteroatoms. The molecule has 1 amide bonds. The van der Waals surface area contributed by atoms with E-state index in [4.69, 9.17) is 4.74 Å². The van der Waals surface area contributed by atoms with Crippen molar-refractivity contribution in [2.45, 2.75) is 379 Å².